The minimum Gasteiger partial charge on any atom is -0.479 e. The van der Waals surface area contributed by atoms with Crippen molar-refractivity contribution in [3.8, 4) is 0 Å². The number of amides is 1. The zero-order valence-electron chi connectivity index (χ0n) is 15.6. The van der Waals surface area contributed by atoms with E-state index in [4.69, 9.17) is 4.74 Å². The first-order chi connectivity index (χ1) is 12.7. The lowest BCUT2D eigenvalue weighted by molar-refractivity contribution is -0.151. The number of aliphatic carboxylic acids is 1. The summed E-state index contributed by atoms with van der Waals surface area (Å²) in [7, 11) is -0.850. The maximum Gasteiger partial charge on any atom is 0.329 e. The molecule has 0 aromatic heterocycles. The van der Waals surface area contributed by atoms with E-state index in [1.165, 1.54) is 43.3 Å². The van der Waals surface area contributed by atoms with Gasteiger partial charge >= 0.3 is 5.97 Å². The number of carbonyl (C=O) groups excluding carboxylic acids is 1. The molecule has 1 fully saturated rings. The molecule has 2 N–H and O–H groups in total. The van der Waals surface area contributed by atoms with Crippen molar-refractivity contribution in [1.29, 1.82) is 0 Å². The molecule has 9 heteroatoms. The number of carbonyl (C=O) groups is 2. The molecule has 1 saturated carbocycles. The molecule has 0 spiro atoms. The van der Waals surface area contributed by atoms with Crippen molar-refractivity contribution >= 4 is 21.9 Å². The Morgan fingerprint density at radius 3 is 2.52 bits per heavy atom. The monoisotopic (exact) mass is 398 g/mol. The van der Waals surface area contributed by atoms with Crippen LogP contribution in [-0.4, -0.2) is 63.1 Å². The number of carboxylic acids is 1. The minimum atomic E-state index is -3.79. The Bertz CT molecular complexity index is 787. The van der Waals surface area contributed by atoms with Gasteiger partial charge in [-0.05, 0) is 31.0 Å². The van der Waals surface area contributed by atoms with Crippen LogP contribution in [0.2, 0.25) is 0 Å². The van der Waals surface area contributed by atoms with Crippen LogP contribution >= 0.6 is 0 Å². The van der Waals surface area contributed by atoms with E-state index in [9.17, 15) is 23.1 Å². The highest BCUT2D eigenvalue weighted by Gasteiger charge is 2.45. The van der Waals surface area contributed by atoms with Gasteiger partial charge in [0.25, 0.3) is 5.91 Å². The summed E-state index contributed by atoms with van der Waals surface area (Å²) in [6.07, 6.45) is 3.20. The lowest BCUT2D eigenvalue weighted by Crippen LogP contribution is -2.56. The van der Waals surface area contributed by atoms with Crippen LogP contribution < -0.4 is 4.72 Å². The number of methoxy groups -OCH3 is 1. The van der Waals surface area contributed by atoms with Gasteiger partial charge in [0.15, 0.2) is 0 Å². The van der Waals surface area contributed by atoms with Gasteiger partial charge in [0.05, 0.1) is 11.5 Å². The van der Waals surface area contributed by atoms with Crippen molar-refractivity contribution in [1.82, 2.24) is 9.62 Å². The smallest absolute Gasteiger partial charge is 0.329 e. The normalized spacial score (nSPS) is 16.7. The summed E-state index contributed by atoms with van der Waals surface area (Å²) < 4.78 is 31.9. The number of rotatable bonds is 8. The summed E-state index contributed by atoms with van der Waals surface area (Å²) >= 11 is 0. The van der Waals surface area contributed by atoms with Gasteiger partial charge in [0.1, 0.15) is 5.54 Å². The van der Waals surface area contributed by atoms with Crippen LogP contribution in [0.4, 0.5) is 0 Å². The number of nitrogens with zero attached hydrogens (tertiary/aromatic N) is 1. The van der Waals surface area contributed by atoms with Crippen LogP contribution in [0.3, 0.4) is 0 Å². The fourth-order valence-electron chi connectivity index (χ4n) is 3.38. The third-order valence-electron chi connectivity index (χ3n) is 5.02. The number of likely N-dealkylation sites (N-methyl/N-ethyl adjacent to an activating group) is 1. The maximum absolute atomic E-state index is 12.9. The molecule has 1 aromatic rings. The number of nitrogens with one attached hydrogen (secondary N) is 1. The standard InChI is InChI=1S/C18H26N2O6S/c1-20(18(17(22)23)9-4-3-5-10-18)16(21)14-7-6-8-15(13-14)27(24,25)19-11-12-26-2/h6-8,13,19H,3-5,9-12H2,1-2H3,(H,22,23). The molecular weight excluding hydrogens is 372 g/mol. The topological polar surface area (TPSA) is 113 Å². The summed E-state index contributed by atoms with van der Waals surface area (Å²) in [4.78, 5) is 26.0. The van der Waals surface area contributed by atoms with Crippen molar-refractivity contribution in [2.24, 2.45) is 0 Å². The second-order valence-corrected chi connectivity index (χ2v) is 8.45. The first-order valence-electron chi connectivity index (χ1n) is 8.85. The summed E-state index contributed by atoms with van der Waals surface area (Å²) in [5.74, 6) is -1.53. The molecule has 0 bridgehead atoms. The molecular formula is C18H26N2O6S. The van der Waals surface area contributed by atoms with Crippen molar-refractivity contribution in [3.05, 3.63) is 29.8 Å². The van der Waals surface area contributed by atoms with Crippen LogP contribution in [0, 0.1) is 0 Å². The molecule has 1 amide bonds. The molecule has 8 nitrogen and oxygen atoms in total. The Kier molecular flexibility index (Phi) is 6.96. The van der Waals surface area contributed by atoms with Crippen molar-refractivity contribution in [3.63, 3.8) is 0 Å². The molecule has 0 heterocycles. The molecule has 0 unspecified atom stereocenters. The molecule has 1 aliphatic carbocycles. The molecule has 27 heavy (non-hydrogen) atoms. The lowest BCUT2D eigenvalue weighted by Gasteiger charge is -2.41. The van der Waals surface area contributed by atoms with Crippen LogP contribution in [0.15, 0.2) is 29.2 Å². The largest absolute Gasteiger partial charge is 0.479 e. The number of hydrogen-bond acceptors (Lipinski definition) is 5. The van der Waals surface area contributed by atoms with E-state index < -0.39 is 27.4 Å². The summed E-state index contributed by atoms with van der Waals surface area (Å²) in [6.45, 7) is 0.334. The Labute approximate surface area is 159 Å². The van der Waals surface area contributed by atoms with Gasteiger partial charge in [-0.25, -0.2) is 17.9 Å². The highest BCUT2D eigenvalue weighted by atomic mass is 32.2. The van der Waals surface area contributed by atoms with Crippen LogP contribution in [0.5, 0.6) is 0 Å². The predicted octanol–water partition coefficient (Wildman–Crippen LogP) is 1.47. The zero-order chi connectivity index (χ0) is 20.1. The average molecular weight is 398 g/mol. The molecule has 0 radical (unpaired) electrons. The number of sulfonamides is 1. The second kappa shape index (κ2) is 8.81. The lowest BCUT2D eigenvalue weighted by atomic mass is 9.80. The predicted molar refractivity (Wildman–Crippen MR) is 99.1 cm³/mol. The Balaban J connectivity index is 2.27. The fraction of sp³-hybridized carbons (Fsp3) is 0.556. The SMILES string of the molecule is COCCNS(=O)(=O)c1cccc(C(=O)N(C)C2(C(=O)O)CCCCC2)c1. The molecule has 0 atom stereocenters. The molecule has 0 saturated heterocycles. The van der Waals surface area contributed by atoms with Gasteiger partial charge in [-0.3, -0.25) is 4.79 Å². The van der Waals surface area contributed by atoms with E-state index in [0.29, 0.717) is 12.8 Å². The Hall–Kier alpha value is -1.97. The maximum atomic E-state index is 12.9. The van der Waals surface area contributed by atoms with Crippen LogP contribution in [0.1, 0.15) is 42.5 Å². The molecule has 1 aliphatic rings. The third kappa shape index (κ3) is 4.66. The highest BCUT2D eigenvalue weighted by Crippen LogP contribution is 2.34. The van der Waals surface area contributed by atoms with Crippen LogP contribution in [-0.2, 0) is 19.6 Å². The number of benzene rings is 1. The molecule has 150 valence electrons. The molecule has 0 aliphatic heterocycles. The van der Waals surface area contributed by atoms with Crippen molar-refractivity contribution in [2.75, 3.05) is 27.3 Å². The van der Waals surface area contributed by atoms with E-state index >= 15 is 0 Å². The van der Waals surface area contributed by atoms with E-state index in [-0.39, 0.29) is 23.6 Å². The number of ether oxygens (including phenoxy) is 1. The van der Waals surface area contributed by atoms with Gasteiger partial charge in [-0.1, -0.05) is 25.3 Å². The Morgan fingerprint density at radius 1 is 1.26 bits per heavy atom. The third-order valence-corrected chi connectivity index (χ3v) is 6.47. The van der Waals surface area contributed by atoms with Gasteiger partial charge in [0, 0.05) is 26.3 Å². The van der Waals surface area contributed by atoms with Crippen LogP contribution in [0.25, 0.3) is 0 Å². The minimum absolute atomic E-state index is 0.0501. The molecule has 1 aromatic carbocycles. The van der Waals surface area contributed by atoms with E-state index in [1.54, 1.807) is 0 Å². The van der Waals surface area contributed by atoms with Crippen molar-refractivity contribution < 1.29 is 27.9 Å². The highest BCUT2D eigenvalue weighted by molar-refractivity contribution is 7.89. The zero-order valence-corrected chi connectivity index (χ0v) is 16.4. The van der Waals surface area contributed by atoms with E-state index in [2.05, 4.69) is 4.72 Å². The van der Waals surface area contributed by atoms with Gasteiger partial charge in [0.2, 0.25) is 10.0 Å². The summed E-state index contributed by atoms with van der Waals surface area (Å²) in [6, 6.07) is 5.62. The summed E-state index contributed by atoms with van der Waals surface area (Å²) in [5, 5.41) is 9.75. The van der Waals surface area contributed by atoms with Gasteiger partial charge < -0.3 is 14.7 Å². The quantitative estimate of drug-likeness (QED) is 0.641. The first-order valence-corrected chi connectivity index (χ1v) is 10.3. The van der Waals surface area contributed by atoms with E-state index in [1.807, 2.05) is 0 Å². The average Bonchev–Trinajstić information content (AvgIpc) is 2.67. The number of hydrogen-bond donors (Lipinski definition) is 2. The van der Waals surface area contributed by atoms with E-state index in [0.717, 1.165) is 19.3 Å². The number of carboxylic acid groups (broad SMARTS) is 1. The van der Waals surface area contributed by atoms with Gasteiger partial charge in [-0.15, -0.1) is 0 Å². The fourth-order valence-corrected chi connectivity index (χ4v) is 4.43. The molecule has 2 rings (SSSR count). The first kappa shape index (κ1) is 21.3. The van der Waals surface area contributed by atoms with Gasteiger partial charge in [-0.2, -0.15) is 0 Å². The van der Waals surface area contributed by atoms with Crippen molar-refractivity contribution in [2.45, 2.75) is 42.5 Å². The summed E-state index contributed by atoms with van der Waals surface area (Å²) in [5.41, 5.74) is -1.11. The second-order valence-electron chi connectivity index (χ2n) is 6.68. The Morgan fingerprint density at radius 2 is 1.93 bits per heavy atom.